The highest BCUT2D eigenvalue weighted by atomic mass is 15.0. The van der Waals surface area contributed by atoms with Crippen LogP contribution in [-0.4, -0.2) is 18.4 Å². The van der Waals surface area contributed by atoms with Gasteiger partial charge in [0.15, 0.2) is 0 Å². The standard InChI is InChI=1S/C55H30N4/c1-2-14-34(15-3-1)57-44-23-9-8-18-38(44)42-28-33(25-26-45(42)57)37-19-10-20-39-40-21-11-22-41-51-49-43-29-32-13-5-7-17-36(32)50-48-35-16-6-4-12-31(35)24-27-46(48)58(54(43)50)47(49)30-56-55(51)59(52(37)39)53(40)41/h1-30H. The van der Waals surface area contributed by atoms with E-state index in [0.717, 1.165) is 11.2 Å². The van der Waals surface area contributed by atoms with Crippen LogP contribution in [0.15, 0.2) is 182 Å². The Bertz CT molecular complexity index is 4300. The summed E-state index contributed by atoms with van der Waals surface area (Å²) >= 11 is 0. The Balaban J connectivity index is 1.09. The van der Waals surface area contributed by atoms with E-state index in [1.807, 2.05) is 0 Å². The van der Waals surface area contributed by atoms with Crippen LogP contribution in [0, 0.1) is 0 Å². The first-order valence-electron chi connectivity index (χ1n) is 20.4. The zero-order chi connectivity index (χ0) is 38.1. The third-order valence-corrected chi connectivity index (χ3v) is 13.5. The van der Waals surface area contributed by atoms with Crippen molar-refractivity contribution in [3.05, 3.63) is 182 Å². The van der Waals surface area contributed by atoms with Crippen molar-refractivity contribution in [1.29, 1.82) is 0 Å². The molecule has 0 saturated carbocycles. The highest BCUT2D eigenvalue weighted by Crippen LogP contribution is 2.50. The molecule has 15 rings (SSSR count). The van der Waals surface area contributed by atoms with Gasteiger partial charge in [-0.05, 0) is 69.6 Å². The fraction of sp³-hybridized carbons (Fsp3) is 0. The van der Waals surface area contributed by atoms with Crippen molar-refractivity contribution in [2.45, 2.75) is 0 Å². The van der Waals surface area contributed by atoms with Gasteiger partial charge in [-0.3, -0.25) is 4.40 Å². The first-order chi connectivity index (χ1) is 29.3. The predicted molar refractivity (Wildman–Crippen MR) is 248 cm³/mol. The molecule has 0 aliphatic heterocycles. The number of benzene rings is 9. The maximum Gasteiger partial charge on any atom is 0.146 e. The number of hydrogen-bond donors (Lipinski definition) is 0. The van der Waals surface area contributed by atoms with Crippen molar-refractivity contribution in [2.24, 2.45) is 0 Å². The Morgan fingerprint density at radius 3 is 1.88 bits per heavy atom. The molecule has 9 aromatic carbocycles. The lowest BCUT2D eigenvalue weighted by atomic mass is 9.96. The topological polar surface area (TPSA) is 26.6 Å². The number of fused-ring (bicyclic) bond motifs is 20. The fourth-order valence-electron chi connectivity index (χ4n) is 11.2. The van der Waals surface area contributed by atoms with Crippen LogP contribution in [0.1, 0.15) is 0 Å². The molecule has 59 heavy (non-hydrogen) atoms. The van der Waals surface area contributed by atoms with E-state index in [-0.39, 0.29) is 0 Å². The van der Waals surface area contributed by atoms with Crippen LogP contribution in [0.25, 0.3) is 136 Å². The van der Waals surface area contributed by atoms with E-state index in [1.54, 1.807) is 0 Å². The normalized spacial score (nSPS) is 12.7. The monoisotopic (exact) mass is 746 g/mol. The minimum atomic E-state index is 1.00. The summed E-state index contributed by atoms with van der Waals surface area (Å²) in [6, 6.07) is 64.9. The SMILES string of the molecule is c1ccc(-n2c3ccccc3c3cc(-c4cccc5c6cccc7c8c9c%10cc%11ccccc%11c%11c%12c%13ccccc%13ccc%12n(c9cnc8n(c45)c67)c%10%11)ccc32)cc1. The van der Waals surface area contributed by atoms with Gasteiger partial charge in [-0.1, -0.05) is 133 Å². The third kappa shape index (κ3) is 3.56. The molecule has 4 heteroatoms. The number of rotatable bonds is 2. The largest absolute Gasteiger partial charge is 0.309 e. The van der Waals surface area contributed by atoms with Gasteiger partial charge in [-0.2, -0.15) is 0 Å². The summed E-state index contributed by atoms with van der Waals surface area (Å²) < 4.78 is 7.36. The molecule has 6 aromatic heterocycles. The maximum absolute atomic E-state index is 5.48. The van der Waals surface area contributed by atoms with Gasteiger partial charge in [-0.25, -0.2) is 4.98 Å². The van der Waals surface area contributed by atoms with Gasteiger partial charge >= 0.3 is 0 Å². The third-order valence-electron chi connectivity index (χ3n) is 13.5. The molecule has 0 radical (unpaired) electrons. The Morgan fingerprint density at radius 1 is 0.339 bits per heavy atom. The summed E-state index contributed by atoms with van der Waals surface area (Å²) in [7, 11) is 0. The van der Waals surface area contributed by atoms with E-state index in [2.05, 4.69) is 195 Å². The summed E-state index contributed by atoms with van der Waals surface area (Å²) in [6.45, 7) is 0. The van der Waals surface area contributed by atoms with Crippen molar-refractivity contribution < 1.29 is 0 Å². The molecule has 0 saturated heterocycles. The second-order valence-corrected chi connectivity index (χ2v) is 16.3. The molecule has 6 heterocycles. The average molecular weight is 747 g/mol. The zero-order valence-electron chi connectivity index (χ0n) is 31.6. The van der Waals surface area contributed by atoms with Crippen LogP contribution in [-0.2, 0) is 0 Å². The average Bonchev–Trinajstić information content (AvgIpc) is 4.09. The van der Waals surface area contributed by atoms with Crippen molar-refractivity contribution in [3.8, 4) is 16.8 Å². The van der Waals surface area contributed by atoms with Crippen molar-refractivity contribution >= 4 is 120 Å². The minimum Gasteiger partial charge on any atom is -0.309 e. The van der Waals surface area contributed by atoms with Gasteiger partial charge < -0.3 is 8.97 Å². The van der Waals surface area contributed by atoms with E-state index in [9.17, 15) is 0 Å². The lowest BCUT2D eigenvalue weighted by molar-refractivity contribution is 1.18. The Hall–Kier alpha value is -7.95. The molecule has 0 fully saturated rings. The van der Waals surface area contributed by atoms with Gasteiger partial charge in [-0.15, -0.1) is 0 Å². The molecule has 0 N–H and O–H groups in total. The van der Waals surface area contributed by atoms with E-state index < -0.39 is 0 Å². The van der Waals surface area contributed by atoms with Gasteiger partial charge in [0.1, 0.15) is 5.65 Å². The van der Waals surface area contributed by atoms with Crippen molar-refractivity contribution in [1.82, 2.24) is 18.4 Å². The minimum absolute atomic E-state index is 1.00. The number of hydrogen-bond acceptors (Lipinski definition) is 1. The molecule has 0 bridgehead atoms. The molecule has 0 unspecified atom stereocenters. The smallest absolute Gasteiger partial charge is 0.146 e. The van der Waals surface area contributed by atoms with Crippen LogP contribution < -0.4 is 0 Å². The number of pyridine rings is 1. The molecular weight excluding hydrogens is 717 g/mol. The quantitative estimate of drug-likeness (QED) is 0.173. The molecule has 0 spiro atoms. The molecule has 0 atom stereocenters. The number of nitrogens with zero attached hydrogens (tertiary/aromatic N) is 4. The lowest BCUT2D eigenvalue weighted by Gasteiger charge is -2.09. The van der Waals surface area contributed by atoms with Crippen LogP contribution in [0.2, 0.25) is 0 Å². The van der Waals surface area contributed by atoms with Crippen LogP contribution in [0.4, 0.5) is 0 Å². The second-order valence-electron chi connectivity index (χ2n) is 16.3. The molecule has 4 nitrogen and oxygen atoms in total. The first-order valence-corrected chi connectivity index (χ1v) is 20.4. The van der Waals surface area contributed by atoms with Gasteiger partial charge in [0.2, 0.25) is 0 Å². The van der Waals surface area contributed by atoms with Crippen molar-refractivity contribution in [3.63, 3.8) is 0 Å². The van der Waals surface area contributed by atoms with E-state index in [1.165, 1.54) is 125 Å². The Labute approximate surface area is 335 Å². The zero-order valence-corrected chi connectivity index (χ0v) is 31.6. The summed E-state index contributed by atoms with van der Waals surface area (Å²) in [4.78, 5) is 5.48. The fourth-order valence-corrected chi connectivity index (χ4v) is 11.2. The molecule has 0 amide bonds. The van der Waals surface area contributed by atoms with E-state index in [0.29, 0.717) is 0 Å². The predicted octanol–water partition coefficient (Wildman–Crippen LogP) is 14.5. The highest BCUT2D eigenvalue weighted by Gasteiger charge is 2.27. The van der Waals surface area contributed by atoms with Gasteiger partial charge in [0.25, 0.3) is 0 Å². The molecule has 0 aliphatic carbocycles. The Kier molecular flexibility index (Phi) is 5.38. The lowest BCUT2D eigenvalue weighted by Crippen LogP contribution is -1.93. The van der Waals surface area contributed by atoms with Crippen molar-refractivity contribution in [2.75, 3.05) is 0 Å². The van der Waals surface area contributed by atoms with Crippen LogP contribution in [0.5, 0.6) is 0 Å². The van der Waals surface area contributed by atoms with Gasteiger partial charge in [0.05, 0.1) is 44.8 Å². The van der Waals surface area contributed by atoms with E-state index in [4.69, 9.17) is 4.98 Å². The highest BCUT2D eigenvalue weighted by molar-refractivity contribution is 6.40. The molecule has 15 aromatic rings. The summed E-state index contributed by atoms with van der Waals surface area (Å²) in [6.07, 6.45) is 2.14. The van der Waals surface area contributed by atoms with E-state index >= 15 is 0 Å². The second kappa shape index (κ2) is 10.5. The first kappa shape index (κ1) is 30.2. The summed E-state index contributed by atoms with van der Waals surface area (Å²) in [5.41, 5.74) is 13.1. The molecular formula is C55H30N4. The number of para-hydroxylation sites is 4. The number of aromatic nitrogens is 4. The van der Waals surface area contributed by atoms with Crippen LogP contribution >= 0.6 is 0 Å². The van der Waals surface area contributed by atoms with Crippen LogP contribution in [0.3, 0.4) is 0 Å². The maximum atomic E-state index is 5.48. The van der Waals surface area contributed by atoms with Gasteiger partial charge in [0, 0.05) is 65.1 Å². The molecule has 270 valence electrons. The summed E-state index contributed by atoms with van der Waals surface area (Å²) in [5, 5.41) is 17.7. The Morgan fingerprint density at radius 2 is 1.00 bits per heavy atom. The molecule has 0 aliphatic rings. The summed E-state index contributed by atoms with van der Waals surface area (Å²) in [5.74, 6) is 0.